The van der Waals surface area contributed by atoms with Crippen molar-refractivity contribution in [1.82, 2.24) is 34.9 Å². The molecule has 1 aliphatic heterocycles. The van der Waals surface area contributed by atoms with Crippen LogP contribution >= 0.6 is 0 Å². The van der Waals surface area contributed by atoms with Gasteiger partial charge in [0.25, 0.3) is 0 Å². The lowest BCUT2D eigenvalue weighted by Crippen LogP contribution is -2.21. The molecule has 10 nitrogen and oxygen atoms in total. The zero-order valence-corrected chi connectivity index (χ0v) is 14.1. The molecule has 1 saturated heterocycles. The van der Waals surface area contributed by atoms with Crippen LogP contribution in [0.1, 0.15) is 11.7 Å². The van der Waals surface area contributed by atoms with Crippen molar-refractivity contribution in [2.45, 2.75) is 25.6 Å². The van der Waals surface area contributed by atoms with Gasteiger partial charge in [0.2, 0.25) is 5.89 Å². The Labute approximate surface area is 150 Å². The molecule has 1 aliphatic carbocycles. The number of nitrogens with one attached hydrogen (secondary N) is 2. The SMILES string of the molecule is Cc1noc(CC2=CC=C(n3c(=O)[nH]c4nnc5[nH]ccc5c43)C3OC23)n1. The van der Waals surface area contributed by atoms with E-state index >= 15 is 0 Å². The minimum Gasteiger partial charge on any atom is -0.358 e. The quantitative estimate of drug-likeness (QED) is 0.521. The molecule has 1 fully saturated rings. The lowest BCUT2D eigenvalue weighted by Gasteiger charge is -2.11. The minimum absolute atomic E-state index is 0.0921. The molecule has 2 aliphatic rings. The summed E-state index contributed by atoms with van der Waals surface area (Å²) in [6.07, 6.45) is 5.88. The molecule has 10 heteroatoms. The summed E-state index contributed by atoms with van der Waals surface area (Å²) in [7, 11) is 0. The van der Waals surface area contributed by atoms with E-state index in [0.717, 1.165) is 16.7 Å². The highest BCUT2D eigenvalue weighted by Crippen LogP contribution is 2.42. The first-order chi connectivity index (χ1) is 13.2. The standard InChI is InChI=1S/C17H13N7O3/c1-7-19-11(27-23-7)6-8-2-3-10(14-13(8)26-14)24-12-9-4-5-18-15(9)21-22-16(12)20-17(24)25/h2-5,13-14H,6H2,1H3,(H,18,21)(H,20,22,25). The lowest BCUT2D eigenvalue weighted by atomic mass is 9.99. The fourth-order valence-electron chi connectivity index (χ4n) is 3.67. The number of rotatable bonds is 3. The van der Waals surface area contributed by atoms with E-state index in [1.807, 2.05) is 18.2 Å². The van der Waals surface area contributed by atoms with Gasteiger partial charge in [-0.1, -0.05) is 11.2 Å². The van der Waals surface area contributed by atoms with Crippen LogP contribution in [-0.2, 0) is 11.2 Å². The third-order valence-corrected chi connectivity index (χ3v) is 4.91. The largest absolute Gasteiger partial charge is 0.358 e. The predicted molar refractivity (Wildman–Crippen MR) is 93.8 cm³/mol. The van der Waals surface area contributed by atoms with Crippen molar-refractivity contribution in [3.63, 3.8) is 0 Å². The van der Waals surface area contributed by atoms with Crippen LogP contribution in [0.15, 0.2) is 39.3 Å². The van der Waals surface area contributed by atoms with E-state index in [2.05, 4.69) is 30.3 Å². The molecule has 0 saturated carbocycles. The number of hydrogen-bond donors (Lipinski definition) is 2. The van der Waals surface area contributed by atoms with Gasteiger partial charge in [-0.05, 0) is 24.6 Å². The Hall–Kier alpha value is -3.53. The topological polar surface area (TPSA) is 131 Å². The van der Waals surface area contributed by atoms with Crippen molar-refractivity contribution in [3.05, 3.63) is 52.2 Å². The van der Waals surface area contributed by atoms with Crippen LogP contribution in [0.25, 0.3) is 27.9 Å². The Bertz CT molecular complexity index is 1340. The average molecular weight is 363 g/mol. The van der Waals surface area contributed by atoms with Crippen LogP contribution in [0.5, 0.6) is 0 Å². The highest BCUT2D eigenvalue weighted by molar-refractivity contribution is 6.00. The highest BCUT2D eigenvalue weighted by Gasteiger charge is 2.47. The number of aromatic amines is 2. The summed E-state index contributed by atoms with van der Waals surface area (Å²) in [5, 5.41) is 12.8. The summed E-state index contributed by atoms with van der Waals surface area (Å²) >= 11 is 0. The molecule has 0 spiro atoms. The van der Waals surface area contributed by atoms with Gasteiger partial charge in [-0.2, -0.15) is 4.98 Å². The van der Waals surface area contributed by atoms with Crippen molar-refractivity contribution < 1.29 is 9.26 Å². The molecule has 6 rings (SSSR count). The highest BCUT2D eigenvalue weighted by atomic mass is 16.6. The molecule has 0 radical (unpaired) electrons. The fraction of sp³-hybridized carbons (Fsp3) is 0.235. The second-order valence-corrected chi connectivity index (χ2v) is 6.63. The molecule has 27 heavy (non-hydrogen) atoms. The number of ether oxygens (including phenoxy) is 1. The summed E-state index contributed by atoms with van der Waals surface area (Å²) in [6.45, 7) is 1.78. The molecule has 4 aromatic rings. The summed E-state index contributed by atoms with van der Waals surface area (Å²) in [4.78, 5) is 22.6. The number of fused-ring (bicyclic) bond motifs is 4. The third kappa shape index (κ3) is 2.07. The van der Waals surface area contributed by atoms with Crippen LogP contribution in [0, 0.1) is 6.92 Å². The van der Waals surface area contributed by atoms with E-state index in [1.165, 1.54) is 0 Å². The molecular formula is C17H13N7O3. The number of epoxide rings is 1. The third-order valence-electron chi connectivity index (χ3n) is 4.91. The lowest BCUT2D eigenvalue weighted by molar-refractivity contribution is 0.372. The van der Waals surface area contributed by atoms with Gasteiger partial charge >= 0.3 is 5.69 Å². The van der Waals surface area contributed by atoms with Gasteiger partial charge in [-0.25, -0.2) is 4.79 Å². The smallest absolute Gasteiger partial charge is 0.332 e. The van der Waals surface area contributed by atoms with Crippen molar-refractivity contribution in [3.8, 4) is 0 Å². The van der Waals surface area contributed by atoms with Gasteiger partial charge in [0, 0.05) is 11.6 Å². The Morgan fingerprint density at radius 2 is 2.11 bits per heavy atom. The predicted octanol–water partition coefficient (Wildman–Crippen LogP) is 1.08. The van der Waals surface area contributed by atoms with E-state index in [-0.39, 0.29) is 17.9 Å². The second-order valence-electron chi connectivity index (χ2n) is 6.63. The molecule has 2 atom stereocenters. The van der Waals surface area contributed by atoms with Crippen molar-refractivity contribution in [2.24, 2.45) is 0 Å². The number of H-pyrrole nitrogens is 2. The number of aromatic nitrogens is 7. The van der Waals surface area contributed by atoms with E-state index in [0.29, 0.717) is 34.9 Å². The van der Waals surface area contributed by atoms with Gasteiger partial charge in [0.05, 0.1) is 12.1 Å². The second kappa shape index (κ2) is 5.01. The maximum Gasteiger partial charge on any atom is 0.332 e. The monoisotopic (exact) mass is 363 g/mol. The number of aryl methyl sites for hydroxylation is 1. The minimum atomic E-state index is -0.266. The first-order valence-corrected chi connectivity index (χ1v) is 8.49. The number of allylic oxidation sites excluding steroid dienone is 2. The maximum absolute atomic E-state index is 12.6. The number of hydrogen-bond acceptors (Lipinski definition) is 7. The van der Waals surface area contributed by atoms with Gasteiger partial charge < -0.3 is 14.2 Å². The molecule has 0 aromatic carbocycles. The fourth-order valence-corrected chi connectivity index (χ4v) is 3.67. The van der Waals surface area contributed by atoms with Crippen LogP contribution in [0.4, 0.5) is 0 Å². The maximum atomic E-state index is 12.6. The Morgan fingerprint density at radius 1 is 1.22 bits per heavy atom. The zero-order chi connectivity index (χ0) is 18.1. The first kappa shape index (κ1) is 14.6. The van der Waals surface area contributed by atoms with Gasteiger partial charge in [0.15, 0.2) is 17.1 Å². The molecule has 2 unspecified atom stereocenters. The molecule has 0 bridgehead atoms. The Morgan fingerprint density at radius 3 is 2.96 bits per heavy atom. The normalized spacial score (nSPS) is 21.4. The first-order valence-electron chi connectivity index (χ1n) is 8.49. The van der Waals surface area contributed by atoms with E-state index < -0.39 is 0 Å². The molecule has 5 heterocycles. The van der Waals surface area contributed by atoms with Crippen LogP contribution < -0.4 is 5.69 Å². The Balaban J connectivity index is 1.48. The van der Waals surface area contributed by atoms with Crippen LogP contribution in [0.3, 0.4) is 0 Å². The summed E-state index contributed by atoms with van der Waals surface area (Å²) < 4.78 is 12.7. The summed E-state index contributed by atoms with van der Waals surface area (Å²) in [6, 6.07) is 1.88. The molecule has 2 N–H and O–H groups in total. The van der Waals surface area contributed by atoms with Crippen molar-refractivity contribution in [2.75, 3.05) is 0 Å². The molecule has 134 valence electrons. The molecule has 4 aromatic heterocycles. The van der Waals surface area contributed by atoms with E-state index in [1.54, 1.807) is 17.7 Å². The van der Waals surface area contributed by atoms with E-state index in [4.69, 9.17) is 9.26 Å². The Kier molecular flexibility index (Phi) is 2.71. The van der Waals surface area contributed by atoms with Gasteiger partial charge in [-0.3, -0.25) is 9.55 Å². The van der Waals surface area contributed by atoms with E-state index in [9.17, 15) is 4.79 Å². The van der Waals surface area contributed by atoms with Crippen LogP contribution in [-0.4, -0.2) is 47.1 Å². The molecule has 0 amide bonds. The number of nitrogens with zero attached hydrogens (tertiary/aromatic N) is 5. The van der Waals surface area contributed by atoms with Gasteiger partial charge in [0.1, 0.15) is 17.7 Å². The summed E-state index contributed by atoms with van der Waals surface area (Å²) in [5.74, 6) is 1.16. The molecular weight excluding hydrogens is 350 g/mol. The van der Waals surface area contributed by atoms with Crippen molar-refractivity contribution in [1.29, 1.82) is 0 Å². The zero-order valence-electron chi connectivity index (χ0n) is 14.1. The number of imidazole rings is 1. The van der Waals surface area contributed by atoms with Crippen LogP contribution in [0.2, 0.25) is 0 Å². The van der Waals surface area contributed by atoms with Crippen molar-refractivity contribution >= 4 is 27.9 Å². The van der Waals surface area contributed by atoms with Gasteiger partial charge in [-0.15, -0.1) is 10.2 Å². The average Bonchev–Trinajstić information content (AvgIpc) is 2.96. The summed E-state index contributed by atoms with van der Waals surface area (Å²) in [5.41, 5.74) is 3.32.